The highest BCUT2D eigenvalue weighted by Crippen LogP contribution is 2.35. The predicted octanol–water partition coefficient (Wildman–Crippen LogP) is 6.59. The van der Waals surface area contributed by atoms with Gasteiger partial charge in [-0.1, -0.05) is 45.1 Å². The van der Waals surface area contributed by atoms with Crippen LogP contribution in [-0.4, -0.2) is 58.8 Å². The van der Waals surface area contributed by atoms with Crippen LogP contribution in [0.1, 0.15) is 94.9 Å². The fourth-order valence-corrected chi connectivity index (χ4v) is 5.26. The number of H-pyrrole nitrogens is 1. The summed E-state index contributed by atoms with van der Waals surface area (Å²) in [7, 11) is 0. The van der Waals surface area contributed by atoms with Crippen molar-refractivity contribution < 1.29 is 9.53 Å². The Morgan fingerprint density at radius 2 is 1.91 bits per heavy atom. The van der Waals surface area contributed by atoms with Crippen LogP contribution in [0.3, 0.4) is 0 Å². The second kappa shape index (κ2) is 17.2. The number of carbonyl (C=O) groups excluding carboxylic acids is 1. The molecule has 5 rings (SSSR count). The van der Waals surface area contributed by atoms with Gasteiger partial charge in [0, 0.05) is 49.3 Å². The van der Waals surface area contributed by atoms with E-state index in [1.54, 1.807) is 6.08 Å². The van der Waals surface area contributed by atoms with Crippen LogP contribution in [0.15, 0.2) is 76.4 Å². The number of hydrogen-bond donors (Lipinski definition) is 3. The van der Waals surface area contributed by atoms with Crippen molar-refractivity contribution in [3.8, 4) is 0 Å². The smallest absolute Gasteiger partial charge is 0.195 e. The zero-order chi connectivity index (χ0) is 31.2. The Labute approximate surface area is 257 Å². The molecule has 2 aliphatic heterocycles. The summed E-state index contributed by atoms with van der Waals surface area (Å²) >= 11 is 0. The molecule has 43 heavy (non-hydrogen) atoms. The molecule has 1 fully saturated rings. The molecule has 3 heterocycles. The van der Waals surface area contributed by atoms with Gasteiger partial charge < -0.3 is 15.5 Å². The highest BCUT2D eigenvalue weighted by Gasteiger charge is 2.34. The molecule has 1 saturated heterocycles. The molecule has 0 radical (unpaired) electrons. The number of nitrogens with one attached hydrogen (secondary N) is 3. The van der Waals surface area contributed by atoms with Gasteiger partial charge in [-0.15, -0.1) is 6.58 Å². The Bertz CT molecular complexity index is 1330. The number of Topliss-reactive ketones (excluding diaryl/α,β-unsaturated/α-hetero) is 1. The van der Waals surface area contributed by atoms with Crippen molar-refractivity contribution in [2.24, 2.45) is 9.98 Å². The first-order valence-electron chi connectivity index (χ1n) is 15.6. The number of aromatic nitrogens is 2. The number of amidine groups is 1. The van der Waals surface area contributed by atoms with E-state index in [1.165, 1.54) is 19.3 Å². The summed E-state index contributed by atoms with van der Waals surface area (Å²) in [6.45, 7) is 20.5. The minimum atomic E-state index is 0.0110. The third-order valence-electron chi connectivity index (χ3n) is 7.19. The molecule has 0 spiro atoms. The van der Waals surface area contributed by atoms with Crippen molar-refractivity contribution in [3.63, 3.8) is 0 Å². The number of fused-ring (bicyclic) bond motifs is 1. The largest absolute Gasteiger partial charge is 0.498 e. The number of aromatic amines is 1. The Balaban J connectivity index is 0.000000953. The van der Waals surface area contributed by atoms with Gasteiger partial charge in [-0.2, -0.15) is 5.10 Å². The molecule has 9 heteroatoms. The van der Waals surface area contributed by atoms with Crippen LogP contribution in [-0.2, 0) is 11.2 Å². The minimum absolute atomic E-state index is 0.0110. The van der Waals surface area contributed by atoms with Gasteiger partial charge >= 0.3 is 0 Å². The molecule has 0 amide bonds. The fraction of sp³-hybridized carbons (Fsp3) is 0.471. The third-order valence-corrected chi connectivity index (χ3v) is 7.19. The Morgan fingerprint density at radius 1 is 1.16 bits per heavy atom. The maximum absolute atomic E-state index is 13.6. The summed E-state index contributed by atoms with van der Waals surface area (Å²) < 4.78 is 5.97. The lowest BCUT2D eigenvalue weighted by molar-refractivity contribution is 0.103. The molecular weight excluding hydrogens is 538 g/mol. The van der Waals surface area contributed by atoms with E-state index in [2.05, 4.69) is 49.1 Å². The van der Waals surface area contributed by atoms with Crippen molar-refractivity contribution in [1.29, 1.82) is 0 Å². The maximum atomic E-state index is 13.6. The molecule has 232 valence electrons. The Kier molecular flexibility index (Phi) is 13.4. The minimum Gasteiger partial charge on any atom is -0.498 e. The lowest BCUT2D eigenvalue weighted by Crippen LogP contribution is -2.43. The van der Waals surface area contributed by atoms with E-state index < -0.39 is 0 Å². The van der Waals surface area contributed by atoms with Crippen LogP contribution in [0, 0.1) is 0 Å². The van der Waals surface area contributed by atoms with Gasteiger partial charge in [0.2, 0.25) is 0 Å². The van der Waals surface area contributed by atoms with E-state index in [9.17, 15) is 4.79 Å². The first kappa shape index (κ1) is 33.5. The highest BCUT2D eigenvalue weighted by atomic mass is 16.5. The van der Waals surface area contributed by atoms with Crippen molar-refractivity contribution in [3.05, 3.63) is 83.3 Å². The summed E-state index contributed by atoms with van der Waals surface area (Å²) in [6.07, 6.45) is 16.1. The molecule has 9 nitrogen and oxygen atoms in total. The number of ketones is 1. The summed E-state index contributed by atoms with van der Waals surface area (Å²) in [4.78, 5) is 22.3. The number of hydrogen-bond acceptors (Lipinski definition) is 8. The van der Waals surface area contributed by atoms with Gasteiger partial charge in [0.25, 0.3) is 0 Å². The van der Waals surface area contributed by atoms with Crippen LogP contribution in [0.25, 0.3) is 5.57 Å². The first-order valence-corrected chi connectivity index (χ1v) is 15.6. The number of ether oxygens (including phenoxy) is 1. The van der Waals surface area contributed by atoms with Gasteiger partial charge in [0.05, 0.1) is 35.9 Å². The zero-order valence-corrected chi connectivity index (χ0v) is 26.7. The molecule has 3 N–H and O–H groups in total. The summed E-state index contributed by atoms with van der Waals surface area (Å²) in [5.41, 5.74) is 9.24. The standard InChI is InChI=1S/C29H37N7O2.C3H6.C2H6/c1-4-8-25(32-20(3)35-36-14-6-5-7-15-36)24-17-26-27(29(24)37)28(34-33-26)21-9-11-23(12-10-21)38-16-13-22-18-30-19(2)31-22;1-3-2;1-2/h4,8-9,11,32,35H,3,5-7,10,12-18H2,1-2H3,(H,33,34);3H,1H2,2H3;1-2H3/b8-4-,25-24-;;. The number of piperidine rings is 1. The molecule has 4 aliphatic rings. The van der Waals surface area contributed by atoms with Crippen molar-refractivity contribution >= 4 is 22.9 Å². The molecule has 0 aromatic carbocycles. The molecule has 1 aromatic heterocycles. The number of allylic oxidation sites excluding steroid dienone is 8. The van der Waals surface area contributed by atoms with Crippen LogP contribution in [0.4, 0.5) is 0 Å². The van der Waals surface area contributed by atoms with Gasteiger partial charge in [-0.3, -0.25) is 14.9 Å². The van der Waals surface area contributed by atoms with Crippen LogP contribution >= 0.6 is 0 Å². The van der Waals surface area contributed by atoms with Gasteiger partial charge in [-0.05, 0) is 57.8 Å². The lowest BCUT2D eigenvalue weighted by Gasteiger charge is -2.29. The predicted molar refractivity (Wildman–Crippen MR) is 178 cm³/mol. The number of nitrogens with zero attached hydrogens (tertiary/aromatic N) is 4. The average molecular weight is 588 g/mol. The normalized spacial score (nSPS) is 19.0. The van der Waals surface area contributed by atoms with E-state index in [0.717, 1.165) is 77.9 Å². The summed E-state index contributed by atoms with van der Waals surface area (Å²) in [5, 5.41) is 13.2. The molecule has 0 atom stereocenters. The Morgan fingerprint density at radius 3 is 2.53 bits per heavy atom. The molecule has 0 unspecified atom stereocenters. The van der Waals surface area contributed by atoms with E-state index >= 15 is 0 Å². The maximum Gasteiger partial charge on any atom is 0.195 e. The van der Waals surface area contributed by atoms with Crippen molar-refractivity contribution in [2.45, 2.75) is 79.6 Å². The number of rotatable bonds is 10. The lowest BCUT2D eigenvalue weighted by atomic mass is 9.97. The summed E-state index contributed by atoms with van der Waals surface area (Å²) in [6, 6.07) is 0. The van der Waals surface area contributed by atoms with Crippen LogP contribution in [0.2, 0.25) is 0 Å². The number of carbonyl (C=O) groups is 1. The second-order valence-corrected chi connectivity index (χ2v) is 10.5. The average Bonchev–Trinajstić information content (AvgIpc) is 3.71. The summed E-state index contributed by atoms with van der Waals surface area (Å²) in [5.74, 6) is 2.47. The van der Waals surface area contributed by atoms with E-state index in [0.29, 0.717) is 31.0 Å². The second-order valence-electron chi connectivity index (χ2n) is 10.5. The van der Waals surface area contributed by atoms with E-state index in [1.807, 2.05) is 58.9 Å². The van der Waals surface area contributed by atoms with Crippen molar-refractivity contribution in [2.75, 3.05) is 26.2 Å². The molecule has 0 bridgehead atoms. The SMILES string of the molecule is C=C(NC(/C=C\C)=C1/Cc2[nH]nc(C3=CC=C(OCCC4=NC(C)=NC4)CC3)c2C1=O)NN1CCCCC1.C=CC.CC. The highest BCUT2D eigenvalue weighted by molar-refractivity contribution is 6.15. The first-order chi connectivity index (χ1) is 20.9. The monoisotopic (exact) mass is 587 g/mol. The van der Waals surface area contributed by atoms with Crippen molar-refractivity contribution in [1.82, 2.24) is 25.9 Å². The number of aliphatic imine (C=N–C) groups is 2. The topological polar surface area (TPSA) is 107 Å². The fourth-order valence-electron chi connectivity index (χ4n) is 5.26. The molecule has 0 saturated carbocycles. The van der Waals surface area contributed by atoms with Gasteiger partial charge in [-0.25, -0.2) is 10.0 Å². The van der Waals surface area contributed by atoms with Gasteiger partial charge in [0.15, 0.2) is 5.78 Å². The van der Waals surface area contributed by atoms with Crippen LogP contribution < -0.4 is 10.7 Å². The molecular formula is C34H49N7O2. The van der Waals surface area contributed by atoms with Crippen LogP contribution in [0.5, 0.6) is 0 Å². The zero-order valence-electron chi connectivity index (χ0n) is 26.7. The van der Waals surface area contributed by atoms with Gasteiger partial charge in [0.1, 0.15) is 11.7 Å². The third kappa shape index (κ3) is 9.25. The Hall–Kier alpha value is -3.98. The molecule has 2 aliphatic carbocycles. The van der Waals surface area contributed by atoms with E-state index in [4.69, 9.17) is 4.74 Å². The van der Waals surface area contributed by atoms with E-state index in [-0.39, 0.29) is 5.78 Å². The number of hydrazine groups is 1. The molecule has 1 aromatic rings. The quantitative estimate of drug-likeness (QED) is 0.211.